The molecule has 0 bridgehead atoms. The molecule has 2 aliphatic rings. The Bertz CT molecular complexity index is 1020. The molecule has 162 valence electrons. The van der Waals surface area contributed by atoms with Crippen LogP contribution in [0, 0.1) is 12.8 Å². The number of hydrogen-bond acceptors (Lipinski definition) is 4. The van der Waals surface area contributed by atoms with Crippen LogP contribution in [0.3, 0.4) is 0 Å². The summed E-state index contributed by atoms with van der Waals surface area (Å²) in [5.74, 6) is 0.886. The first-order valence-corrected chi connectivity index (χ1v) is 11.1. The second-order valence-electron chi connectivity index (χ2n) is 8.87. The first-order chi connectivity index (χ1) is 14.8. The van der Waals surface area contributed by atoms with Crippen LogP contribution in [0.15, 0.2) is 54.2 Å². The molecule has 0 spiro atoms. The molecule has 1 saturated heterocycles. The Morgan fingerprint density at radius 2 is 1.65 bits per heavy atom. The van der Waals surface area contributed by atoms with Crippen LogP contribution >= 0.6 is 0 Å². The number of amides is 2. The van der Waals surface area contributed by atoms with Crippen LogP contribution in [0.2, 0.25) is 0 Å². The Hall–Kier alpha value is -3.08. The number of aryl methyl sites for hydroxylation is 1. The number of piperidine rings is 1. The van der Waals surface area contributed by atoms with E-state index in [1.165, 1.54) is 4.90 Å². The minimum Gasteiger partial charge on any atom is -0.491 e. The van der Waals surface area contributed by atoms with Crippen LogP contribution < -0.4 is 9.64 Å². The summed E-state index contributed by atoms with van der Waals surface area (Å²) >= 11 is 0. The maximum absolute atomic E-state index is 13.6. The van der Waals surface area contributed by atoms with E-state index in [9.17, 15) is 9.59 Å². The molecular formula is C26H30N2O3. The number of carbonyl (C=O) groups excluding carboxylic acids is 2. The van der Waals surface area contributed by atoms with Crippen LogP contribution in [0.4, 0.5) is 5.69 Å². The summed E-state index contributed by atoms with van der Waals surface area (Å²) in [7, 11) is 0. The van der Waals surface area contributed by atoms with Gasteiger partial charge in [0.1, 0.15) is 11.4 Å². The van der Waals surface area contributed by atoms with Gasteiger partial charge in [-0.2, -0.15) is 0 Å². The maximum atomic E-state index is 13.6. The Labute approximate surface area is 184 Å². The molecule has 4 rings (SSSR count). The third kappa shape index (κ3) is 4.22. The number of likely N-dealkylation sites (tertiary alicyclic amines) is 1. The van der Waals surface area contributed by atoms with E-state index in [1.54, 1.807) is 0 Å². The van der Waals surface area contributed by atoms with E-state index in [2.05, 4.69) is 11.8 Å². The van der Waals surface area contributed by atoms with E-state index >= 15 is 0 Å². The highest BCUT2D eigenvalue weighted by Crippen LogP contribution is 2.37. The van der Waals surface area contributed by atoms with E-state index < -0.39 is 0 Å². The number of nitrogens with zero attached hydrogens (tertiary/aromatic N) is 2. The van der Waals surface area contributed by atoms with E-state index in [0.29, 0.717) is 22.9 Å². The van der Waals surface area contributed by atoms with Gasteiger partial charge in [-0.15, -0.1) is 0 Å². The fourth-order valence-corrected chi connectivity index (χ4v) is 4.28. The number of hydrogen-bond donors (Lipinski definition) is 0. The van der Waals surface area contributed by atoms with Crippen molar-refractivity contribution in [1.82, 2.24) is 4.90 Å². The molecule has 0 aliphatic carbocycles. The standard InChI is InChI=1S/C26H30N2O3/c1-17(2)31-22-10-8-20(9-11-22)23-24(27-14-12-18(3)13-15-27)26(30)28(25(23)29)21-7-5-6-19(4)16-21/h5-11,16-18H,12-15H2,1-4H3. The third-order valence-corrected chi connectivity index (χ3v) is 5.93. The number of rotatable bonds is 5. The fraction of sp³-hybridized carbons (Fsp3) is 0.385. The Morgan fingerprint density at radius 3 is 2.26 bits per heavy atom. The van der Waals surface area contributed by atoms with Crippen LogP contribution in [-0.2, 0) is 9.59 Å². The van der Waals surface area contributed by atoms with Gasteiger partial charge >= 0.3 is 0 Å². The van der Waals surface area contributed by atoms with Crippen molar-refractivity contribution in [2.24, 2.45) is 5.92 Å². The van der Waals surface area contributed by atoms with Crippen molar-refractivity contribution in [2.75, 3.05) is 18.0 Å². The average molecular weight is 419 g/mol. The lowest BCUT2D eigenvalue weighted by molar-refractivity contribution is -0.120. The number of ether oxygens (including phenoxy) is 1. The largest absolute Gasteiger partial charge is 0.491 e. The summed E-state index contributed by atoms with van der Waals surface area (Å²) in [6.07, 6.45) is 2.11. The lowest BCUT2D eigenvalue weighted by Gasteiger charge is -2.32. The molecule has 2 amide bonds. The molecule has 1 fully saturated rings. The average Bonchev–Trinajstić information content (AvgIpc) is 2.99. The molecular weight excluding hydrogens is 388 g/mol. The van der Waals surface area contributed by atoms with E-state index in [4.69, 9.17) is 4.74 Å². The van der Waals surface area contributed by atoms with Crippen molar-refractivity contribution in [1.29, 1.82) is 0 Å². The topological polar surface area (TPSA) is 49.9 Å². The molecule has 2 heterocycles. The number of imide groups is 1. The quantitative estimate of drug-likeness (QED) is 0.655. The predicted molar refractivity (Wildman–Crippen MR) is 123 cm³/mol. The number of benzene rings is 2. The molecule has 5 nitrogen and oxygen atoms in total. The van der Waals surface area contributed by atoms with Crippen molar-refractivity contribution in [3.8, 4) is 5.75 Å². The van der Waals surface area contributed by atoms with Gasteiger partial charge in [0.05, 0.1) is 17.4 Å². The fourth-order valence-electron chi connectivity index (χ4n) is 4.28. The summed E-state index contributed by atoms with van der Waals surface area (Å²) in [5.41, 5.74) is 3.38. The molecule has 2 aromatic rings. The summed E-state index contributed by atoms with van der Waals surface area (Å²) in [6.45, 7) is 9.73. The highest BCUT2D eigenvalue weighted by atomic mass is 16.5. The SMILES string of the molecule is Cc1cccc(N2C(=O)C(c3ccc(OC(C)C)cc3)=C(N3CCC(C)CC3)C2=O)c1. The number of carbonyl (C=O) groups is 2. The number of anilines is 1. The van der Waals surface area contributed by atoms with Gasteiger partial charge in [0.25, 0.3) is 11.8 Å². The van der Waals surface area contributed by atoms with Crippen molar-refractivity contribution >= 4 is 23.1 Å². The zero-order chi connectivity index (χ0) is 22.1. The zero-order valence-corrected chi connectivity index (χ0v) is 18.7. The molecule has 0 unspecified atom stereocenters. The van der Waals surface area contributed by atoms with Crippen molar-refractivity contribution in [2.45, 2.75) is 46.6 Å². The second kappa shape index (κ2) is 8.58. The Balaban J connectivity index is 1.76. The summed E-state index contributed by atoms with van der Waals surface area (Å²) in [6, 6.07) is 15.0. The van der Waals surface area contributed by atoms with Gasteiger partial charge < -0.3 is 9.64 Å². The predicted octanol–water partition coefficient (Wildman–Crippen LogP) is 4.80. The van der Waals surface area contributed by atoms with Gasteiger partial charge in [0, 0.05) is 13.1 Å². The van der Waals surface area contributed by atoms with Crippen molar-refractivity contribution in [3.63, 3.8) is 0 Å². The molecule has 0 radical (unpaired) electrons. The normalized spacial score (nSPS) is 17.8. The first-order valence-electron chi connectivity index (χ1n) is 11.1. The monoisotopic (exact) mass is 418 g/mol. The van der Waals surface area contributed by atoms with Crippen LogP contribution in [0.25, 0.3) is 5.57 Å². The van der Waals surface area contributed by atoms with Crippen LogP contribution in [0.5, 0.6) is 5.75 Å². The second-order valence-corrected chi connectivity index (χ2v) is 8.87. The van der Waals surface area contributed by atoms with Crippen molar-refractivity contribution in [3.05, 3.63) is 65.4 Å². The van der Waals surface area contributed by atoms with E-state index in [1.807, 2.05) is 69.3 Å². The Morgan fingerprint density at radius 1 is 0.968 bits per heavy atom. The van der Waals surface area contributed by atoms with Gasteiger partial charge in [-0.3, -0.25) is 9.59 Å². The molecule has 0 aromatic heterocycles. The molecule has 31 heavy (non-hydrogen) atoms. The van der Waals surface area contributed by atoms with E-state index in [0.717, 1.165) is 42.8 Å². The lowest BCUT2D eigenvalue weighted by atomic mass is 9.97. The minimum absolute atomic E-state index is 0.0717. The maximum Gasteiger partial charge on any atom is 0.282 e. The minimum atomic E-state index is -0.262. The summed E-state index contributed by atoms with van der Waals surface area (Å²) in [4.78, 5) is 30.6. The smallest absolute Gasteiger partial charge is 0.282 e. The van der Waals surface area contributed by atoms with Gasteiger partial charge in [0.2, 0.25) is 0 Å². The van der Waals surface area contributed by atoms with Crippen LogP contribution in [0.1, 0.15) is 44.7 Å². The van der Waals surface area contributed by atoms with Crippen molar-refractivity contribution < 1.29 is 14.3 Å². The molecule has 2 aromatic carbocycles. The van der Waals surface area contributed by atoms with Crippen LogP contribution in [-0.4, -0.2) is 35.9 Å². The van der Waals surface area contributed by atoms with E-state index in [-0.39, 0.29) is 17.9 Å². The summed E-state index contributed by atoms with van der Waals surface area (Å²) in [5, 5.41) is 0. The van der Waals surface area contributed by atoms with Gasteiger partial charge in [-0.25, -0.2) is 4.90 Å². The lowest BCUT2D eigenvalue weighted by Crippen LogP contribution is -2.38. The molecule has 0 saturated carbocycles. The van der Waals surface area contributed by atoms with Gasteiger partial charge in [-0.05, 0) is 74.9 Å². The van der Waals surface area contributed by atoms with Gasteiger partial charge in [0.15, 0.2) is 0 Å². The molecule has 2 aliphatic heterocycles. The first kappa shape index (κ1) is 21.2. The molecule has 0 N–H and O–H groups in total. The third-order valence-electron chi connectivity index (χ3n) is 5.93. The summed E-state index contributed by atoms with van der Waals surface area (Å²) < 4.78 is 5.75. The molecule has 0 atom stereocenters. The zero-order valence-electron chi connectivity index (χ0n) is 18.7. The van der Waals surface area contributed by atoms with Gasteiger partial charge in [-0.1, -0.05) is 31.2 Å². The highest BCUT2D eigenvalue weighted by molar-refractivity contribution is 6.45. The molecule has 5 heteroatoms. The highest BCUT2D eigenvalue weighted by Gasteiger charge is 2.43. The Kier molecular flexibility index (Phi) is 5.86.